The van der Waals surface area contributed by atoms with E-state index in [-0.39, 0.29) is 16.4 Å². The van der Waals surface area contributed by atoms with Crippen LogP contribution >= 0.6 is 11.8 Å². The summed E-state index contributed by atoms with van der Waals surface area (Å²) in [5, 5.41) is 12.7. The molecule has 0 unspecified atom stereocenters. The monoisotopic (exact) mass is 281 g/mol. The smallest absolute Gasteiger partial charge is 0.255 e. The van der Waals surface area contributed by atoms with Crippen LogP contribution in [0.25, 0.3) is 0 Å². The average molecular weight is 281 g/mol. The number of rotatable bonds is 6. The number of thioether (sulfide) groups is 1. The Morgan fingerprint density at radius 1 is 1.37 bits per heavy atom. The molecule has 0 atom stereocenters. The van der Waals surface area contributed by atoms with Gasteiger partial charge >= 0.3 is 0 Å². The number of carbonyl (C=O) groups is 1. The maximum absolute atomic E-state index is 12.1. The van der Waals surface area contributed by atoms with Crippen LogP contribution in [0.5, 0.6) is 5.75 Å². The van der Waals surface area contributed by atoms with Crippen LogP contribution in [0.1, 0.15) is 42.6 Å². The lowest BCUT2D eigenvalue weighted by Crippen LogP contribution is -2.39. The molecule has 1 rings (SSSR count). The first kappa shape index (κ1) is 15.9. The van der Waals surface area contributed by atoms with Crippen LogP contribution in [0.2, 0.25) is 0 Å². The molecule has 0 heterocycles. The first-order chi connectivity index (χ1) is 8.98. The van der Waals surface area contributed by atoms with Crippen molar-refractivity contribution in [3.63, 3.8) is 0 Å². The van der Waals surface area contributed by atoms with Crippen molar-refractivity contribution in [3.05, 3.63) is 29.3 Å². The minimum absolute atomic E-state index is 0.0332. The van der Waals surface area contributed by atoms with Crippen LogP contribution in [0, 0.1) is 6.92 Å². The second kappa shape index (κ2) is 6.85. The Bertz CT molecular complexity index is 434. The molecule has 0 aliphatic heterocycles. The van der Waals surface area contributed by atoms with E-state index in [1.165, 1.54) is 0 Å². The normalized spacial score (nSPS) is 11.4. The van der Waals surface area contributed by atoms with Crippen molar-refractivity contribution < 1.29 is 9.90 Å². The average Bonchev–Trinajstić information content (AvgIpc) is 2.43. The van der Waals surface area contributed by atoms with E-state index in [4.69, 9.17) is 0 Å². The highest BCUT2D eigenvalue weighted by atomic mass is 32.2. The Morgan fingerprint density at radius 2 is 2.00 bits per heavy atom. The standard InChI is InChI=1S/C15H23NO2S/c1-5-15(6-2,19-4)10-16-14(18)12-9-11(3)7-8-13(12)17/h7-9,17H,5-6,10H2,1-4H3,(H,16,18). The summed E-state index contributed by atoms with van der Waals surface area (Å²) in [7, 11) is 0. The summed E-state index contributed by atoms with van der Waals surface area (Å²) in [5.74, 6) is -0.174. The zero-order valence-corrected chi connectivity index (χ0v) is 12.9. The van der Waals surface area contributed by atoms with Crippen molar-refractivity contribution in [1.29, 1.82) is 0 Å². The lowest BCUT2D eigenvalue weighted by atomic mass is 10.0. The van der Waals surface area contributed by atoms with Crippen molar-refractivity contribution in [2.45, 2.75) is 38.4 Å². The largest absolute Gasteiger partial charge is 0.507 e. The lowest BCUT2D eigenvalue weighted by molar-refractivity contribution is 0.0946. The Hall–Kier alpha value is -1.16. The Morgan fingerprint density at radius 3 is 2.53 bits per heavy atom. The molecule has 0 fully saturated rings. The molecule has 1 aromatic rings. The van der Waals surface area contributed by atoms with Crippen molar-refractivity contribution in [3.8, 4) is 5.75 Å². The first-order valence-electron chi connectivity index (χ1n) is 6.61. The van der Waals surface area contributed by atoms with Crippen LogP contribution in [-0.2, 0) is 0 Å². The number of hydrogen-bond donors (Lipinski definition) is 2. The maximum atomic E-state index is 12.1. The van der Waals surface area contributed by atoms with Gasteiger partial charge < -0.3 is 10.4 Å². The van der Waals surface area contributed by atoms with Crippen LogP contribution in [0.4, 0.5) is 0 Å². The van der Waals surface area contributed by atoms with Gasteiger partial charge in [0.2, 0.25) is 0 Å². The molecule has 19 heavy (non-hydrogen) atoms. The molecule has 106 valence electrons. The fourth-order valence-electron chi connectivity index (χ4n) is 2.03. The Kier molecular flexibility index (Phi) is 5.73. The number of phenols is 1. The molecule has 1 amide bonds. The summed E-state index contributed by atoms with van der Waals surface area (Å²) >= 11 is 1.78. The number of aryl methyl sites for hydroxylation is 1. The quantitative estimate of drug-likeness (QED) is 0.840. The molecule has 0 aliphatic carbocycles. The molecular weight excluding hydrogens is 258 g/mol. The summed E-state index contributed by atoms with van der Waals surface area (Å²) in [4.78, 5) is 12.1. The van der Waals surface area contributed by atoms with E-state index in [1.807, 2.05) is 6.92 Å². The molecule has 0 bridgehead atoms. The molecule has 3 nitrogen and oxygen atoms in total. The van der Waals surface area contributed by atoms with E-state index in [9.17, 15) is 9.90 Å². The highest BCUT2D eigenvalue weighted by molar-refractivity contribution is 8.00. The number of aromatic hydroxyl groups is 1. The number of hydrogen-bond acceptors (Lipinski definition) is 3. The third-order valence-electron chi connectivity index (χ3n) is 3.69. The topological polar surface area (TPSA) is 49.3 Å². The fraction of sp³-hybridized carbons (Fsp3) is 0.533. The number of benzene rings is 1. The van der Waals surface area contributed by atoms with Gasteiger partial charge in [0.25, 0.3) is 5.91 Å². The second-order valence-electron chi connectivity index (χ2n) is 4.80. The van der Waals surface area contributed by atoms with Gasteiger partial charge in [-0.05, 0) is 38.2 Å². The summed E-state index contributed by atoms with van der Waals surface area (Å²) in [6.45, 7) is 6.79. The van der Waals surface area contributed by atoms with Gasteiger partial charge in [-0.25, -0.2) is 0 Å². The van der Waals surface area contributed by atoms with Gasteiger partial charge in [-0.1, -0.05) is 25.5 Å². The van der Waals surface area contributed by atoms with Crippen LogP contribution in [-0.4, -0.2) is 28.6 Å². The molecule has 0 aliphatic rings. The summed E-state index contributed by atoms with van der Waals surface area (Å²) in [5.41, 5.74) is 1.31. The molecule has 1 aromatic carbocycles. The van der Waals surface area contributed by atoms with Crippen molar-refractivity contribution in [2.75, 3.05) is 12.8 Å². The van der Waals surface area contributed by atoms with Gasteiger partial charge in [0.15, 0.2) is 0 Å². The third kappa shape index (κ3) is 3.90. The van der Waals surface area contributed by atoms with E-state index >= 15 is 0 Å². The van der Waals surface area contributed by atoms with Gasteiger partial charge in [0, 0.05) is 11.3 Å². The van der Waals surface area contributed by atoms with Gasteiger partial charge in [0.1, 0.15) is 5.75 Å². The SMILES string of the molecule is CCC(CC)(CNC(=O)c1cc(C)ccc1O)SC. The highest BCUT2D eigenvalue weighted by Gasteiger charge is 2.26. The first-order valence-corrected chi connectivity index (χ1v) is 7.83. The molecule has 4 heteroatoms. The zero-order valence-electron chi connectivity index (χ0n) is 12.1. The van der Waals surface area contributed by atoms with E-state index in [2.05, 4.69) is 25.4 Å². The van der Waals surface area contributed by atoms with E-state index in [0.29, 0.717) is 12.1 Å². The maximum Gasteiger partial charge on any atom is 0.255 e. The Labute approximate surface area is 119 Å². The molecular formula is C15H23NO2S. The zero-order chi connectivity index (χ0) is 14.5. The second-order valence-corrected chi connectivity index (χ2v) is 6.07. The fourth-order valence-corrected chi connectivity index (χ4v) is 2.82. The number of nitrogens with one attached hydrogen (secondary N) is 1. The summed E-state index contributed by atoms with van der Waals surface area (Å²) < 4.78 is 0.0785. The number of carbonyl (C=O) groups excluding carboxylic acids is 1. The van der Waals surface area contributed by atoms with Crippen molar-refractivity contribution in [2.24, 2.45) is 0 Å². The van der Waals surface area contributed by atoms with E-state index in [1.54, 1.807) is 30.0 Å². The predicted octanol–water partition coefficient (Wildman–Crippen LogP) is 3.35. The molecule has 0 radical (unpaired) electrons. The third-order valence-corrected chi connectivity index (χ3v) is 5.28. The van der Waals surface area contributed by atoms with Gasteiger partial charge in [-0.15, -0.1) is 0 Å². The molecule has 0 aromatic heterocycles. The van der Waals surface area contributed by atoms with Crippen LogP contribution in [0.3, 0.4) is 0 Å². The van der Waals surface area contributed by atoms with E-state index < -0.39 is 0 Å². The van der Waals surface area contributed by atoms with Crippen molar-refractivity contribution in [1.82, 2.24) is 5.32 Å². The minimum Gasteiger partial charge on any atom is -0.507 e. The van der Waals surface area contributed by atoms with Crippen LogP contribution < -0.4 is 5.32 Å². The van der Waals surface area contributed by atoms with Gasteiger partial charge in [0.05, 0.1) is 5.56 Å². The van der Waals surface area contributed by atoms with Gasteiger partial charge in [-0.2, -0.15) is 11.8 Å². The summed E-state index contributed by atoms with van der Waals surface area (Å²) in [6, 6.07) is 5.06. The molecule has 0 spiro atoms. The predicted molar refractivity (Wildman–Crippen MR) is 82.0 cm³/mol. The highest BCUT2D eigenvalue weighted by Crippen LogP contribution is 2.29. The molecule has 0 saturated carbocycles. The minimum atomic E-state index is -0.207. The lowest BCUT2D eigenvalue weighted by Gasteiger charge is -2.29. The van der Waals surface area contributed by atoms with Crippen LogP contribution in [0.15, 0.2) is 18.2 Å². The Balaban J connectivity index is 2.77. The van der Waals surface area contributed by atoms with E-state index in [0.717, 1.165) is 18.4 Å². The number of amides is 1. The van der Waals surface area contributed by atoms with Crippen molar-refractivity contribution >= 4 is 17.7 Å². The molecule has 0 saturated heterocycles. The van der Waals surface area contributed by atoms with Gasteiger partial charge in [-0.3, -0.25) is 4.79 Å². The summed E-state index contributed by atoms with van der Waals surface area (Å²) in [6.07, 6.45) is 4.08. The number of phenolic OH excluding ortho intramolecular Hbond substituents is 1. The molecule has 2 N–H and O–H groups in total.